The van der Waals surface area contributed by atoms with Crippen LogP contribution >= 0.6 is 0 Å². The molecule has 0 saturated heterocycles. The average Bonchev–Trinajstić information content (AvgIpc) is 2.88. The van der Waals surface area contributed by atoms with Crippen molar-refractivity contribution in [2.45, 2.75) is 13.8 Å². The molecular weight excluding hydrogens is 252 g/mol. The van der Waals surface area contributed by atoms with Crippen LogP contribution in [-0.4, -0.2) is 15.2 Å². The van der Waals surface area contributed by atoms with Gasteiger partial charge in [-0.1, -0.05) is 35.0 Å². The molecule has 0 aliphatic rings. The van der Waals surface area contributed by atoms with Gasteiger partial charge in [0.2, 0.25) is 5.82 Å². The van der Waals surface area contributed by atoms with E-state index in [4.69, 9.17) is 4.52 Å². The largest absolute Gasteiger partial charge is 0.507 e. The number of aromatic nitrogens is 2. The van der Waals surface area contributed by atoms with Crippen LogP contribution in [-0.2, 0) is 0 Å². The van der Waals surface area contributed by atoms with Crippen LogP contribution in [0.1, 0.15) is 11.1 Å². The van der Waals surface area contributed by atoms with Gasteiger partial charge in [0.25, 0.3) is 5.89 Å². The Kier molecular flexibility index (Phi) is 2.99. The van der Waals surface area contributed by atoms with E-state index in [9.17, 15) is 5.11 Å². The van der Waals surface area contributed by atoms with E-state index >= 15 is 0 Å². The van der Waals surface area contributed by atoms with Crippen LogP contribution in [0.2, 0.25) is 0 Å². The minimum atomic E-state index is 0.143. The molecule has 0 spiro atoms. The number of aryl methyl sites for hydroxylation is 2. The Bertz CT molecular complexity index is 763. The number of phenolic OH excluding ortho intramolecular Hbond substituents is 1. The van der Waals surface area contributed by atoms with Crippen molar-refractivity contribution in [2.24, 2.45) is 0 Å². The first-order valence-electron chi connectivity index (χ1n) is 6.34. The fourth-order valence-electron chi connectivity index (χ4n) is 2.06. The van der Waals surface area contributed by atoms with E-state index in [1.807, 2.05) is 44.2 Å². The van der Waals surface area contributed by atoms with Crippen molar-refractivity contribution < 1.29 is 9.63 Å². The van der Waals surface area contributed by atoms with Gasteiger partial charge in [-0.2, -0.15) is 4.98 Å². The Balaban J connectivity index is 2.02. The minimum Gasteiger partial charge on any atom is -0.507 e. The predicted octanol–water partition coefficient (Wildman–Crippen LogP) is 3.73. The number of aromatic hydroxyl groups is 1. The monoisotopic (exact) mass is 266 g/mol. The summed E-state index contributed by atoms with van der Waals surface area (Å²) in [7, 11) is 0. The van der Waals surface area contributed by atoms with Gasteiger partial charge in [0.15, 0.2) is 0 Å². The Morgan fingerprint density at radius 1 is 1.00 bits per heavy atom. The van der Waals surface area contributed by atoms with Gasteiger partial charge in [-0.3, -0.25) is 0 Å². The van der Waals surface area contributed by atoms with E-state index < -0.39 is 0 Å². The van der Waals surface area contributed by atoms with Crippen LogP contribution < -0.4 is 0 Å². The third-order valence-electron chi connectivity index (χ3n) is 3.09. The molecule has 4 heteroatoms. The summed E-state index contributed by atoms with van der Waals surface area (Å²) in [6.45, 7) is 3.92. The van der Waals surface area contributed by atoms with Gasteiger partial charge in [-0.05, 0) is 37.6 Å². The van der Waals surface area contributed by atoms with Gasteiger partial charge in [0.05, 0.1) is 5.56 Å². The van der Waals surface area contributed by atoms with Crippen molar-refractivity contribution in [1.82, 2.24) is 10.1 Å². The number of nitrogens with zero attached hydrogens (tertiary/aromatic N) is 2. The second kappa shape index (κ2) is 4.81. The van der Waals surface area contributed by atoms with Crippen molar-refractivity contribution in [2.75, 3.05) is 0 Å². The molecule has 1 N–H and O–H groups in total. The van der Waals surface area contributed by atoms with Crippen molar-refractivity contribution in [3.63, 3.8) is 0 Å². The highest BCUT2D eigenvalue weighted by Gasteiger charge is 2.13. The van der Waals surface area contributed by atoms with Gasteiger partial charge in [-0.15, -0.1) is 0 Å². The van der Waals surface area contributed by atoms with E-state index in [1.54, 1.807) is 12.1 Å². The van der Waals surface area contributed by atoms with Gasteiger partial charge in [0.1, 0.15) is 5.75 Å². The fraction of sp³-hybridized carbons (Fsp3) is 0.125. The zero-order valence-electron chi connectivity index (χ0n) is 11.3. The maximum atomic E-state index is 9.94. The number of rotatable bonds is 2. The van der Waals surface area contributed by atoms with E-state index in [-0.39, 0.29) is 5.75 Å². The number of benzene rings is 2. The topological polar surface area (TPSA) is 59.2 Å². The summed E-state index contributed by atoms with van der Waals surface area (Å²) in [5, 5.41) is 13.9. The Labute approximate surface area is 116 Å². The smallest absolute Gasteiger partial charge is 0.261 e. The van der Waals surface area contributed by atoms with Crippen molar-refractivity contribution in [3.05, 3.63) is 53.6 Å². The molecule has 0 aliphatic heterocycles. The summed E-state index contributed by atoms with van der Waals surface area (Å²) in [5.74, 6) is 0.979. The summed E-state index contributed by atoms with van der Waals surface area (Å²) in [6.07, 6.45) is 0. The van der Waals surface area contributed by atoms with Crippen LogP contribution in [0.5, 0.6) is 5.75 Å². The average molecular weight is 266 g/mol. The molecule has 20 heavy (non-hydrogen) atoms. The van der Waals surface area contributed by atoms with Gasteiger partial charge < -0.3 is 9.63 Å². The second-order valence-corrected chi connectivity index (χ2v) is 4.81. The Morgan fingerprint density at radius 3 is 2.55 bits per heavy atom. The molecule has 0 fully saturated rings. The highest BCUT2D eigenvalue weighted by Crippen LogP contribution is 2.30. The highest BCUT2D eigenvalue weighted by molar-refractivity contribution is 5.65. The molecule has 1 heterocycles. The molecule has 3 aromatic rings. The fourth-order valence-corrected chi connectivity index (χ4v) is 2.06. The summed E-state index contributed by atoms with van der Waals surface area (Å²) in [5.41, 5.74) is 3.55. The van der Waals surface area contributed by atoms with E-state index in [2.05, 4.69) is 10.1 Å². The summed E-state index contributed by atoms with van der Waals surface area (Å²) >= 11 is 0. The minimum absolute atomic E-state index is 0.143. The molecule has 100 valence electrons. The molecule has 0 unspecified atom stereocenters. The van der Waals surface area contributed by atoms with Crippen molar-refractivity contribution >= 4 is 0 Å². The molecule has 0 atom stereocenters. The molecule has 0 saturated carbocycles. The lowest BCUT2D eigenvalue weighted by Gasteiger charge is -1.99. The Morgan fingerprint density at radius 2 is 1.80 bits per heavy atom. The first-order chi connectivity index (χ1) is 9.63. The maximum absolute atomic E-state index is 9.94. The molecule has 4 nitrogen and oxygen atoms in total. The van der Waals surface area contributed by atoms with Crippen LogP contribution in [0.15, 0.2) is 47.0 Å². The third kappa shape index (κ3) is 2.28. The molecule has 0 radical (unpaired) electrons. The van der Waals surface area contributed by atoms with E-state index in [0.29, 0.717) is 17.3 Å². The lowest BCUT2D eigenvalue weighted by molar-refractivity contribution is 0.425. The highest BCUT2D eigenvalue weighted by atomic mass is 16.5. The first kappa shape index (κ1) is 12.4. The quantitative estimate of drug-likeness (QED) is 0.767. The van der Waals surface area contributed by atoms with E-state index in [0.717, 1.165) is 16.7 Å². The molecule has 0 amide bonds. The molecule has 0 bridgehead atoms. The standard InChI is InChI=1S/C16H14N2O2/c1-10-4-3-5-12(8-10)15-17-16(20-18-15)13-7-6-11(2)9-14(13)19/h3-9,19H,1-2H3. The maximum Gasteiger partial charge on any atom is 0.261 e. The van der Waals surface area contributed by atoms with Crippen LogP contribution in [0.4, 0.5) is 0 Å². The summed E-state index contributed by atoms with van der Waals surface area (Å²) < 4.78 is 5.24. The third-order valence-corrected chi connectivity index (χ3v) is 3.09. The molecule has 0 aliphatic carbocycles. The lowest BCUT2D eigenvalue weighted by Crippen LogP contribution is -1.83. The number of hydrogen-bond acceptors (Lipinski definition) is 4. The van der Waals surface area contributed by atoms with Gasteiger partial charge >= 0.3 is 0 Å². The van der Waals surface area contributed by atoms with Crippen molar-refractivity contribution in [1.29, 1.82) is 0 Å². The van der Waals surface area contributed by atoms with Crippen LogP contribution in [0.25, 0.3) is 22.8 Å². The second-order valence-electron chi connectivity index (χ2n) is 4.81. The number of hydrogen-bond donors (Lipinski definition) is 1. The normalized spacial score (nSPS) is 10.7. The number of phenols is 1. The molecular formula is C16H14N2O2. The van der Waals surface area contributed by atoms with Gasteiger partial charge in [0, 0.05) is 5.56 Å². The zero-order valence-corrected chi connectivity index (χ0v) is 11.3. The van der Waals surface area contributed by atoms with E-state index in [1.165, 1.54) is 0 Å². The summed E-state index contributed by atoms with van der Waals surface area (Å²) in [4.78, 5) is 4.34. The molecule has 1 aromatic heterocycles. The molecule has 2 aromatic carbocycles. The predicted molar refractivity (Wildman–Crippen MR) is 76.3 cm³/mol. The van der Waals surface area contributed by atoms with Crippen LogP contribution in [0.3, 0.4) is 0 Å². The Hall–Kier alpha value is -2.62. The summed E-state index contributed by atoms with van der Waals surface area (Å²) in [6, 6.07) is 13.2. The van der Waals surface area contributed by atoms with Gasteiger partial charge in [-0.25, -0.2) is 0 Å². The zero-order chi connectivity index (χ0) is 14.1. The first-order valence-corrected chi connectivity index (χ1v) is 6.34. The molecule has 3 rings (SSSR count). The van der Waals surface area contributed by atoms with Crippen LogP contribution in [0, 0.1) is 13.8 Å². The lowest BCUT2D eigenvalue weighted by atomic mass is 10.1. The SMILES string of the molecule is Cc1cccc(-c2noc(-c3ccc(C)cc3O)n2)c1. The van der Waals surface area contributed by atoms with Crippen molar-refractivity contribution in [3.8, 4) is 28.6 Å².